The number of aromatic nitrogens is 1. The minimum Gasteiger partial charge on any atom is -0.493 e. The van der Waals surface area contributed by atoms with Gasteiger partial charge in [0.05, 0.1) is 18.1 Å². The number of ether oxygens (including phenoxy) is 1. The van der Waals surface area contributed by atoms with E-state index in [0.29, 0.717) is 23.5 Å². The Balaban J connectivity index is 2.12. The first-order valence-corrected chi connectivity index (χ1v) is 7.22. The molecule has 0 bridgehead atoms. The Kier molecular flexibility index (Phi) is 4.73. The van der Waals surface area contributed by atoms with Crippen molar-refractivity contribution in [2.45, 2.75) is 25.8 Å². The number of aliphatic carboxylic acids is 1. The largest absolute Gasteiger partial charge is 0.493 e. The SMILES string of the molecule is O=C(O)CCCn1c(O)c(C=C2CCOC2)sc1=S. The van der Waals surface area contributed by atoms with Crippen LogP contribution in [0.3, 0.4) is 0 Å². The van der Waals surface area contributed by atoms with Gasteiger partial charge in [-0.3, -0.25) is 9.36 Å². The number of hydrogen-bond donors (Lipinski definition) is 2. The average Bonchev–Trinajstić information content (AvgIpc) is 2.93. The molecule has 0 radical (unpaired) electrons. The summed E-state index contributed by atoms with van der Waals surface area (Å²) in [5.74, 6) is -0.716. The minimum atomic E-state index is -0.841. The van der Waals surface area contributed by atoms with Crippen molar-refractivity contribution in [3.63, 3.8) is 0 Å². The molecule has 1 aliphatic rings. The molecule has 104 valence electrons. The molecule has 0 unspecified atom stereocenters. The van der Waals surface area contributed by atoms with E-state index in [0.717, 1.165) is 23.5 Å². The third kappa shape index (κ3) is 3.65. The van der Waals surface area contributed by atoms with E-state index in [9.17, 15) is 9.90 Å². The molecule has 0 saturated carbocycles. The van der Waals surface area contributed by atoms with Gasteiger partial charge in [-0.2, -0.15) is 0 Å². The molecule has 0 aromatic carbocycles. The summed E-state index contributed by atoms with van der Waals surface area (Å²) in [6.07, 6.45) is 3.31. The maximum absolute atomic E-state index is 10.5. The highest BCUT2D eigenvalue weighted by Crippen LogP contribution is 2.30. The van der Waals surface area contributed by atoms with Gasteiger partial charge < -0.3 is 14.9 Å². The molecule has 2 heterocycles. The number of carboxylic acids is 1. The van der Waals surface area contributed by atoms with E-state index in [2.05, 4.69) is 0 Å². The van der Waals surface area contributed by atoms with Crippen molar-refractivity contribution in [2.75, 3.05) is 13.2 Å². The monoisotopic (exact) mass is 301 g/mol. The van der Waals surface area contributed by atoms with Crippen LogP contribution < -0.4 is 0 Å². The Morgan fingerprint density at radius 3 is 3.00 bits per heavy atom. The molecule has 1 aromatic heterocycles. The maximum atomic E-state index is 10.5. The molecule has 1 aliphatic heterocycles. The summed E-state index contributed by atoms with van der Waals surface area (Å²) < 4.78 is 7.41. The number of thiazole rings is 1. The number of carbonyl (C=O) groups is 1. The molecule has 19 heavy (non-hydrogen) atoms. The van der Waals surface area contributed by atoms with Crippen molar-refractivity contribution in [3.05, 3.63) is 14.4 Å². The van der Waals surface area contributed by atoms with Crippen LogP contribution in [0, 0.1) is 3.95 Å². The zero-order chi connectivity index (χ0) is 13.8. The fourth-order valence-electron chi connectivity index (χ4n) is 1.87. The topological polar surface area (TPSA) is 71.7 Å². The van der Waals surface area contributed by atoms with E-state index < -0.39 is 5.97 Å². The molecule has 0 spiro atoms. The molecule has 7 heteroatoms. The molecule has 1 aromatic rings. The molecule has 0 aliphatic carbocycles. The lowest BCUT2D eigenvalue weighted by Gasteiger charge is -2.03. The predicted molar refractivity (Wildman–Crippen MR) is 75.1 cm³/mol. The van der Waals surface area contributed by atoms with E-state index in [4.69, 9.17) is 22.1 Å². The highest BCUT2D eigenvalue weighted by atomic mass is 32.1. The predicted octanol–water partition coefficient (Wildman–Crippen LogP) is 2.65. The van der Waals surface area contributed by atoms with Crippen LogP contribution in [0.1, 0.15) is 24.1 Å². The first-order valence-electron chi connectivity index (χ1n) is 5.99. The highest BCUT2D eigenvalue weighted by molar-refractivity contribution is 7.73. The molecule has 2 N–H and O–H groups in total. The summed E-state index contributed by atoms with van der Waals surface area (Å²) in [5.41, 5.74) is 1.14. The van der Waals surface area contributed by atoms with Crippen LogP contribution in [0.4, 0.5) is 0 Å². The lowest BCUT2D eigenvalue weighted by atomic mass is 10.2. The van der Waals surface area contributed by atoms with E-state index >= 15 is 0 Å². The molecule has 2 rings (SSSR count). The number of carboxylic acid groups (broad SMARTS) is 1. The lowest BCUT2D eigenvalue weighted by molar-refractivity contribution is -0.137. The van der Waals surface area contributed by atoms with Gasteiger partial charge in [0.2, 0.25) is 5.88 Å². The summed E-state index contributed by atoms with van der Waals surface area (Å²) >= 11 is 6.53. The Morgan fingerprint density at radius 2 is 2.37 bits per heavy atom. The van der Waals surface area contributed by atoms with Gasteiger partial charge in [-0.25, -0.2) is 0 Å². The summed E-state index contributed by atoms with van der Waals surface area (Å²) in [5, 5.41) is 18.7. The van der Waals surface area contributed by atoms with E-state index in [1.165, 1.54) is 11.3 Å². The van der Waals surface area contributed by atoms with Crippen LogP contribution in [-0.4, -0.2) is 34.0 Å². The summed E-state index contributed by atoms with van der Waals surface area (Å²) in [4.78, 5) is 11.2. The Hall–Kier alpha value is -1.18. The third-order valence-electron chi connectivity index (χ3n) is 2.86. The van der Waals surface area contributed by atoms with Crippen LogP contribution in [0.25, 0.3) is 6.08 Å². The van der Waals surface area contributed by atoms with Crippen molar-refractivity contribution in [2.24, 2.45) is 0 Å². The van der Waals surface area contributed by atoms with Crippen molar-refractivity contribution in [1.82, 2.24) is 4.57 Å². The Labute approximate surface area is 119 Å². The van der Waals surface area contributed by atoms with Crippen LogP contribution in [0.15, 0.2) is 5.57 Å². The van der Waals surface area contributed by atoms with E-state index in [1.54, 1.807) is 4.57 Å². The lowest BCUT2D eigenvalue weighted by Crippen LogP contribution is -2.01. The fraction of sp³-hybridized carbons (Fsp3) is 0.500. The second kappa shape index (κ2) is 6.31. The van der Waals surface area contributed by atoms with E-state index in [1.807, 2.05) is 6.08 Å². The summed E-state index contributed by atoms with van der Waals surface area (Å²) in [6, 6.07) is 0. The van der Waals surface area contributed by atoms with Crippen LogP contribution >= 0.6 is 23.6 Å². The standard InChI is InChI=1S/C12H15NO4S2/c14-10(15)2-1-4-13-11(16)9(19-12(13)18)6-8-3-5-17-7-8/h6,16H,1-5,7H2,(H,14,15). The second-order valence-electron chi connectivity index (χ2n) is 4.31. The Morgan fingerprint density at radius 1 is 1.58 bits per heavy atom. The van der Waals surface area contributed by atoms with Gasteiger partial charge in [-0.1, -0.05) is 0 Å². The minimum absolute atomic E-state index is 0.0708. The quantitative estimate of drug-likeness (QED) is 0.818. The second-order valence-corrected chi connectivity index (χ2v) is 5.99. The van der Waals surface area contributed by atoms with Gasteiger partial charge in [0.15, 0.2) is 3.95 Å². The van der Waals surface area contributed by atoms with Gasteiger partial charge in [0.25, 0.3) is 0 Å². The molecule has 0 atom stereocenters. The zero-order valence-electron chi connectivity index (χ0n) is 10.3. The van der Waals surface area contributed by atoms with Crippen LogP contribution in [-0.2, 0) is 16.1 Å². The van der Waals surface area contributed by atoms with Crippen molar-refractivity contribution < 1.29 is 19.7 Å². The van der Waals surface area contributed by atoms with Gasteiger partial charge >= 0.3 is 5.97 Å². The molecule has 1 fully saturated rings. The van der Waals surface area contributed by atoms with Crippen molar-refractivity contribution >= 4 is 35.6 Å². The van der Waals surface area contributed by atoms with Crippen LogP contribution in [0.2, 0.25) is 0 Å². The fourth-order valence-corrected chi connectivity index (χ4v) is 3.22. The van der Waals surface area contributed by atoms with Gasteiger partial charge in [0.1, 0.15) is 0 Å². The maximum Gasteiger partial charge on any atom is 0.303 e. The zero-order valence-corrected chi connectivity index (χ0v) is 11.9. The number of nitrogens with zero attached hydrogens (tertiary/aromatic N) is 1. The molecule has 0 amide bonds. The number of rotatable bonds is 5. The molecular formula is C12H15NO4S2. The molecule has 1 saturated heterocycles. The number of hydrogen-bond acceptors (Lipinski definition) is 5. The number of aromatic hydroxyl groups is 1. The van der Waals surface area contributed by atoms with Crippen LogP contribution in [0.5, 0.6) is 5.88 Å². The smallest absolute Gasteiger partial charge is 0.303 e. The van der Waals surface area contributed by atoms with Gasteiger partial charge in [-0.05, 0) is 36.7 Å². The molecular weight excluding hydrogens is 286 g/mol. The molecule has 5 nitrogen and oxygen atoms in total. The Bertz CT molecular complexity index is 551. The first kappa shape index (κ1) is 14.2. The third-order valence-corrected chi connectivity index (χ3v) is 4.24. The van der Waals surface area contributed by atoms with E-state index in [-0.39, 0.29) is 12.3 Å². The van der Waals surface area contributed by atoms with Crippen molar-refractivity contribution in [1.29, 1.82) is 0 Å². The summed E-state index contributed by atoms with van der Waals surface area (Å²) in [6.45, 7) is 1.74. The highest BCUT2D eigenvalue weighted by Gasteiger charge is 2.13. The van der Waals surface area contributed by atoms with Crippen molar-refractivity contribution in [3.8, 4) is 5.88 Å². The normalized spacial score (nSPS) is 17.2. The van der Waals surface area contributed by atoms with Gasteiger partial charge in [-0.15, -0.1) is 11.3 Å². The van der Waals surface area contributed by atoms with Gasteiger partial charge in [0, 0.05) is 13.0 Å². The first-order chi connectivity index (χ1) is 9.08. The average molecular weight is 301 g/mol. The summed E-state index contributed by atoms with van der Waals surface area (Å²) in [7, 11) is 0.